The Morgan fingerprint density at radius 1 is 0.778 bits per heavy atom. The molecule has 3 rings (SSSR count). The standard InChI is InChI=1S/C26H24F2N2O6/c1-33-21-15-19(30-25(32)17-7-5-4-6-8-17)22(34-2)14-18(21)29-24(31)12-10-16-9-11-20(36-26(27)28)23(13-16)35-3/h4-15,26H,1-3H3,(H,29,31)(H,30,32)/b12-10+. The second kappa shape index (κ2) is 12.2. The molecule has 0 radical (unpaired) electrons. The molecule has 36 heavy (non-hydrogen) atoms. The zero-order chi connectivity index (χ0) is 26.1. The number of benzene rings is 3. The number of nitrogens with one attached hydrogen (secondary N) is 2. The van der Waals surface area contributed by atoms with Crippen LogP contribution in [0.3, 0.4) is 0 Å². The molecule has 2 amide bonds. The van der Waals surface area contributed by atoms with Crippen LogP contribution < -0.4 is 29.6 Å². The molecule has 0 unspecified atom stereocenters. The monoisotopic (exact) mass is 498 g/mol. The van der Waals surface area contributed by atoms with Crippen LogP contribution in [-0.2, 0) is 4.79 Å². The van der Waals surface area contributed by atoms with Gasteiger partial charge in [0.05, 0.1) is 32.7 Å². The van der Waals surface area contributed by atoms with Crippen LogP contribution in [0.5, 0.6) is 23.0 Å². The molecule has 0 bridgehead atoms. The first-order chi connectivity index (χ1) is 17.3. The molecule has 0 saturated carbocycles. The van der Waals surface area contributed by atoms with Crippen molar-refractivity contribution in [2.24, 2.45) is 0 Å². The minimum absolute atomic E-state index is 0.0948. The lowest BCUT2D eigenvalue weighted by Crippen LogP contribution is -2.14. The summed E-state index contributed by atoms with van der Waals surface area (Å²) in [6, 6.07) is 16.0. The zero-order valence-electron chi connectivity index (χ0n) is 19.7. The average molecular weight is 498 g/mol. The number of anilines is 2. The molecular formula is C26H24F2N2O6. The summed E-state index contributed by atoms with van der Waals surface area (Å²) < 4.78 is 45.2. The van der Waals surface area contributed by atoms with Crippen LogP contribution >= 0.6 is 0 Å². The third kappa shape index (κ3) is 6.72. The first-order valence-corrected chi connectivity index (χ1v) is 10.6. The highest BCUT2D eigenvalue weighted by molar-refractivity contribution is 6.06. The second-order valence-electron chi connectivity index (χ2n) is 7.18. The van der Waals surface area contributed by atoms with Crippen LogP contribution in [0, 0.1) is 0 Å². The van der Waals surface area contributed by atoms with E-state index in [0.717, 1.165) is 0 Å². The third-order valence-electron chi connectivity index (χ3n) is 4.89. The summed E-state index contributed by atoms with van der Waals surface area (Å²) in [5.74, 6) is -0.267. The van der Waals surface area contributed by atoms with Gasteiger partial charge in [-0.05, 0) is 35.9 Å². The highest BCUT2D eigenvalue weighted by atomic mass is 19.3. The van der Waals surface area contributed by atoms with Gasteiger partial charge in [-0.25, -0.2) is 0 Å². The molecule has 10 heteroatoms. The number of ether oxygens (including phenoxy) is 4. The van der Waals surface area contributed by atoms with Gasteiger partial charge in [0.1, 0.15) is 11.5 Å². The highest BCUT2D eigenvalue weighted by Gasteiger charge is 2.16. The molecule has 2 N–H and O–H groups in total. The molecule has 0 aliphatic rings. The van der Waals surface area contributed by atoms with Gasteiger partial charge in [0.2, 0.25) is 5.91 Å². The summed E-state index contributed by atoms with van der Waals surface area (Å²) in [6.07, 6.45) is 2.72. The molecule has 0 heterocycles. The molecule has 0 aliphatic carbocycles. The van der Waals surface area contributed by atoms with Crippen molar-refractivity contribution >= 4 is 29.3 Å². The van der Waals surface area contributed by atoms with Gasteiger partial charge in [0, 0.05) is 23.8 Å². The van der Waals surface area contributed by atoms with Gasteiger partial charge >= 0.3 is 6.61 Å². The zero-order valence-corrected chi connectivity index (χ0v) is 19.7. The topological polar surface area (TPSA) is 95.1 Å². The fourth-order valence-corrected chi connectivity index (χ4v) is 3.20. The Hall–Kier alpha value is -4.60. The van der Waals surface area contributed by atoms with Crippen molar-refractivity contribution in [1.82, 2.24) is 0 Å². The lowest BCUT2D eigenvalue weighted by molar-refractivity contribution is -0.111. The average Bonchev–Trinajstić information content (AvgIpc) is 2.88. The van der Waals surface area contributed by atoms with Crippen LogP contribution in [0.25, 0.3) is 6.08 Å². The van der Waals surface area contributed by atoms with E-state index in [-0.39, 0.29) is 23.2 Å². The molecule has 3 aromatic carbocycles. The lowest BCUT2D eigenvalue weighted by atomic mass is 10.1. The number of carbonyl (C=O) groups excluding carboxylic acids is 2. The van der Waals surface area contributed by atoms with E-state index < -0.39 is 12.5 Å². The van der Waals surface area contributed by atoms with Crippen molar-refractivity contribution in [3.63, 3.8) is 0 Å². The number of methoxy groups -OCH3 is 3. The lowest BCUT2D eigenvalue weighted by Gasteiger charge is -2.16. The van der Waals surface area contributed by atoms with Crippen LogP contribution in [0.2, 0.25) is 0 Å². The van der Waals surface area contributed by atoms with Gasteiger partial charge in [-0.1, -0.05) is 24.3 Å². The number of alkyl halides is 2. The van der Waals surface area contributed by atoms with Gasteiger partial charge in [0.25, 0.3) is 5.91 Å². The highest BCUT2D eigenvalue weighted by Crippen LogP contribution is 2.37. The Morgan fingerprint density at radius 2 is 1.39 bits per heavy atom. The number of hydrogen-bond donors (Lipinski definition) is 2. The Labute approximate surface area is 206 Å². The number of halogens is 2. The largest absolute Gasteiger partial charge is 0.494 e. The van der Waals surface area contributed by atoms with Crippen molar-refractivity contribution in [1.29, 1.82) is 0 Å². The van der Waals surface area contributed by atoms with Crippen molar-refractivity contribution in [3.05, 3.63) is 77.9 Å². The van der Waals surface area contributed by atoms with Crippen LogP contribution in [-0.4, -0.2) is 39.8 Å². The molecule has 188 valence electrons. The smallest absolute Gasteiger partial charge is 0.387 e. The second-order valence-corrected chi connectivity index (χ2v) is 7.18. The van der Waals surface area contributed by atoms with Crippen molar-refractivity contribution in [3.8, 4) is 23.0 Å². The molecule has 8 nitrogen and oxygen atoms in total. The quantitative estimate of drug-likeness (QED) is 0.372. The Kier molecular flexibility index (Phi) is 8.82. The maximum atomic E-state index is 12.5. The molecule has 0 saturated heterocycles. The maximum absolute atomic E-state index is 12.5. The van der Waals surface area contributed by atoms with Gasteiger partial charge < -0.3 is 29.6 Å². The fraction of sp³-hybridized carbons (Fsp3) is 0.154. The van der Waals surface area contributed by atoms with Crippen molar-refractivity contribution in [2.75, 3.05) is 32.0 Å². The minimum atomic E-state index is -2.99. The molecule has 0 aliphatic heterocycles. The SMILES string of the molecule is COc1cc(NC(=O)c2ccccc2)c(OC)cc1NC(=O)/C=C/c1ccc(OC(F)F)c(OC)c1. The summed E-state index contributed by atoms with van der Waals surface area (Å²) in [7, 11) is 4.17. The van der Waals surface area contributed by atoms with Gasteiger partial charge in [-0.3, -0.25) is 9.59 Å². The van der Waals surface area contributed by atoms with Gasteiger partial charge in [-0.2, -0.15) is 8.78 Å². The summed E-state index contributed by atoms with van der Waals surface area (Å²) in [5.41, 5.74) is 1.65. The van der Waals surface area contributed by atoms with Gasteiger partial charge in [-0.15, -0.1) is 0 Å². The van der Waals surface area contributed by atoms with E-state index in [1.807, 2.05) is 0 Å². The molecule has 0 aromatic heterocycles. The normalized spacial score (nSPS) is 10.7. The number of amides is 2. The Balaban J connectivity index is 1.76. The minimum Gasteiger partial charge on any atom is -0.494 e. The van der Waals surface area contributed by atoms with Crippen molar-refractivity contribution < 1.29 is 37.3 Å². The third-order valence-corrected chi connectivity index (χ3v) is 4.89. The summed E-state index contributed by atoms with van der Waals surface area (Å²) in [5, 5.41) is 5.45. The molecular weight excluding hydrogens is 474 g/mol. The fourth-order valence-electron chi connectivity index (χ4n) is 3.20. The van der Waals surface area contributed by atoms with Crippen LogP contribution in [0.1, 0.15) is 15.9 Å². The molecule has 0 fully saturated rings. The summed E-state index contributed by atoms with van der Waals surface area (Å²) in [6.45, 7) is -2.99. The first kappa shape index (κ1) is 26.0. The van der Waals surface area contributed by atoms with E-state index >= 15 is 0 Å². The predicted molar refractivity (Wildman–Crippen MR) is 131 cm³/mol. The summed E-state index contributed by atoms with van der Waals surface area (Å²) >= 11 is 0. The molecule has 0 atom stereocenters. The van der Waals surface area contributed by atoms with E-state index in [1.54, 1.807) is 30.3 Å². The number of rotatable bonds is 10. The van der Waals surface area contributed by atoms with E-state index in [1.165, 1.54) is 63.8 Å². The van der Waals surface area contributed by atoms with E-state index in [4.69, 9.17) is 14.2 Å². The molecule has 3 aromatic rings. The van der Waals surface area contributed by atoms with E-state index in [2.05, 4.69) is 15.4 Å². The number of carbonyl (C=O) groups is 2. The maximum Gasteiger partial charge on any atom is 0.387 e. The van der Waals surface area contributed by atoms with Gasteiger partial charge in [0.15, 0.2) is 11.5 Å². The Bertz CT molecular complexity index is 1250. The first-order valence-electron chi connectivity index (χ1n) is 10.6. The van der Waals surface area contributed by atoms with Crippen LogP contribution in [0.15, 0.2) is 66.7 Å². The van der Waals surface area contributed by atoms with Crippen molar-refractivity contribution in [2.45, 2.75) is 6.61 Å². The predicted octanol–water partition coefficient (Wildman–Crippen LogP) is 5.22. The summed E-state index contributed by atoms with van der Waals surface area (Å²) in [4.78, 5) is 25.1. The Morgan fingerprint density at radius 3 is 1.97 bits per heavy atom. The van der Waals surface area contributed by atoms with E-state index in [9.17, 15) is 18.4 Å². The molecule has 0 spiro atoms. The number of hydrogen-bond acceptors (Lipinski definition) is 6. The van der Waals surface area contributed by atoms with E-state index in [0.29, 0.717) is 28.3 Å². The van der Waals surface area contributed by atoms with Crippen LogP contribution in [0.4, 0.5) is 20.2 Å².